The fourth-order valence-corrected chi connectivity index (χ4v) is 6.20. The van der Waals surface area contributed by atoms with Gasteiger partial charge in [0.05, 0.1) is 12.5 Å². The van der Waals surface area contributed by atoms with E-state index in [0.717, 1.165) is 32.1 Å². The minimum absolute atomic E-state index is 0.00777. The van der Waals surface area contributed by atoms with Crippen LogP contribution in [0.5, 0.6) is 0 Å². The van der Waals surface area contributed by atoms with Gasteiger partial charge in [0, 0.05) is 31.1 Å². The van der Waals surface area contributed by atoms with Crippen LogP contribution in [-0.4, -0.2) is 72.1 Å². The lowest BCUT2D eigenvalue weighted by Crippen LogP contribution is -2.58. The summed E-state index contributed by atoms with van der Waals surface area (Å²) in [5.41, 5.74) is -0.599. The predicted molar refractivity (Wildman–Crippen MR) is 166 cm³/mol. The number of unbranched alkanes of at least 4 members (excludes halogenated alkanes) is 6. The van der Waals surface area contributed by atoms with Crippen LogP contribution in [0.2, 0.25) is 0 Å². The molecule has 0 radical (unpaired) electrons. The van der Waals surface area contributed by atoms with Gasteiger partial charge in [-0.15, -0.1) is 0 Å². The van der Waals surface area contributed by atoms with Crippen LogP contribution in [0.3, 0.4) is 0 Å². The van der Waals surface area contributed by atoms with Gasteiger partial charge >= 0.3 is 12.0 Å². The Hall–Kier alpha value is -1.87. The van der Waals surface area contributed by atoms with E-state index in [9.17, 15) is 19.5 Å². The maximum atomic E-state index is 13.6. The molecule has 9 nitrogen and oxygen atoms in total. The Morgan fingerprint density at radius 3 is 2.21 bits per heavy atom. The number of ether oxygens (including phenoxy) is 2. The highest BCUT2D eigenvalue weighted by atomic mass is 16.7. The topological polar surface area (TPSA) is 117 Å². The Kier molecular flexibility index (Phi) is 14.1. The summed E-state index contributed by atoms with van der Waals surface area (Å²) in [7, 11) is 0. The van der Waals surface area contributed by atoms with Crippen molar-refractivity contribution in [2.75, 3.05) is 26.2 Å². The van der Waals surface area contributed by atoms with Gasteiger partial charge in [-0.1, -0.05) is 92.9 Å². The zero-order valence-corrected chi connectivity index (χ0v) is 27.9. The molecule has 3 N–H and O–H groups in total. The molecule has 1 aliphatic heterocycles. The van der Waals surface area contributed by atoms with E-state index in [-0.39, 0.29) is 35.9 Å². The fourth-order valence-electron chi connectivity index (χ4n) is 6.20. The van der Waals surface area contributed by atoms with E-state index in [1.807, 2.05) is 18.7 Å². The lowest BCUT2D eigenvalue weighted by Gasteiger charge is -2.45. The van der Waals surface area contributed by atoms with Crippen molar-refractivity contribution in [3.63, 3.8) is 0 Å². The van der Waals surface area contributed by atoms with E-state index in [1.165, 1.54) is 32.1 Å². The Balaban J connectivity index is 2.05. The summed E-state index contributed by atoms with van der Waals surface area (Å²) in [5, 5.41) is 16.4. The number of rotatable bonds is 15. The number of hydrogen-bond acceptors (Lipinski definition) is 5. The van der Waals surface area contributed by atoms with Crippen LogP contribution < -0.4 is 10.6 Å². The summed E-state index contributed by atoms with van der Waals surface area (Å²) in [6, 6.07) is -0.365. The van der Waals surface area contributed by atoms with Crippen LogP contribution in [0.25, 0.3) is 0 Å². The molecule has 2 rings (SSSR count). The Morgan fingerprint density at radius 1 is 0.976 bits per heavy atom. The molecule has 9 heteroatoms. The summed E-state index contributed by atoms with van der Waals surface area (Å²) in [6.45, 7) is 17.7. The van der Waals surface area contributed by atoms with Gasteiger partial charge in [-0.05, 0) is 44.4 Å². The number of carbonyl (C=O) groups is 3. The van der Waals surface area contributed by atoms with Crippen LogP contribution >= 0.6 is 0 Å². The molecule has 3 unspecified atom stereocenters. The van der Waals surface area contributed by atoms with Gasteiger partial charge < -0.3 is 30.1 Å². The summed E-state index contributed by atoms with van der Waals surface area (Å²) < 4.78 is 11.7. The first kappa shape index (κ1) is 36.3. The Bertz CT molecular complexity index is 868. The quantitative estimate of drug-likeness (QED) is 0.190. The van der Waals surface area contributed by atoms with Crippen molar-refractivity contribution in [3.05, 3.63) is 0 Å². The Labute approximate surface area is 255 Å². The maximum absolute atomic E-state index is 13.6. The van der Waals surface area contributed by atoms with Crippen molar-refractivity contribution < 1.29 is 29.0 Å². The molecule has 0 aromatic rings. The first-order valence-electron chi connectivity index (χ1n) is 16.4. The molecule has 3 amide bonds. The first-order chi connectivity index (χ1) is 19.6. The summed E-state index contributed by atoms with van der Waals surface area (Å²) in [4.78, 5) is 41.3. The number of nitrogens with zero attached hydrogens (tertiary/aromatic N) is 1. The number of amides is 3. The summed E-state index contributed by atoms with van der Waals surface area (Å²) in [5.74, 6) is -3.25. The number of aliphatic carboxylic acids is 1. The van der Waals surface area contributed by atoms with E-state index in [4.69, 9.17) is 9.47 Å². The van der Waals surface area contributed by atoms with E-state index in [0.29, 0.717) is 26.1 Å². The van der Waals surface area contributed by atoms with Crippen molar-refractivity contribution in [2.24, 2.45) is 22.7 Å². The van der Waals surface area contributed by atoms with Crippen LogP contribution in [0.15, 0.2) is 0 Å². The minimum Gasteiger partial charge on any atom is -0.481 e. The van der Waals surface area contributed by atoms with Gasteiger partial charge in [-0.2, -0.15) is 0 Å². The molecule has 0 bridgehead atoms. The SMILES string of the molecule is CCCCCCCCCN(CC(C)(C)C)C(=O)NC1CCCCC1[C@@H](CNC(=O)C1OC(C)(C)OCC1(C)C)C(=O)O. The smallest absolute Gasteiger partial charge is 0.317 e. The van der Waals surface area contributed by atoms with Gasteiger partial charge in [0.25, 0.3) is 0 Å². The average Bonchev–Trinajstić information content (AvgIpc) is 2.89. The molecular formula is C33H61N3O6. The van der Waals surface area contributed by atoms with Gasteiger partial charge in [0.15, 0.2) is 5.79 Å². The molecule has 0 aromatic heterocycles. The predicted octanol–water partition coefficient (Wildman–Crippen LogP) is 6.35. The molecule has 2 fully saturated rings. The second-order valence-electron chi connectivity index (χ2n) is 15.0. The lowest BCUT2D eigenvalue weighted by atomic mass is 9.76. The summed E-state index contributed by atoms with van der Waals surface area (Å²) in [6.07, 6.45) is 10.8. The highest BCUT2D eigenvalue weighted by molar-refractivity contribution is 5.82. The van der Waals surface area contributed by atoms with Crippen molar-refractivity contribution >= 4 is 17.9 Å². The van der Waals surface area contributed by atoms with Gasteiger partial charge in [-0.3, -0.25) is 9.59 Å². The third kappa shape index (κ3) is 12.0. The number of nitrogens with one attached hydrogen (secondary N) is 2. The number of carbonyl (C=O) groups excluding carboxylic acids is 2. The van der Waals surface area contributed by atoms with Crippen molar-refractivity contribution in [1.29, 1.82) is 0 Å². The molecule has 4 atom stereocenters. The molecule has 0 aromatic carbocycles. The van der Waals surface area contributed by atoms with Crippen LogP contribution in [0.4, 0.5) is 4.79 Å². The highest BCUT2D eigenvalue weighted by Gasteiger charge is 2.46. The van der Waals surface area contributed by atoms with Crippen LogP contribution in [0.1, 0.15) is 126 Å². The minimum atomic E-state index is -0.955. The molecule has 244 valence electrons. The molecule has 42 heavy (non-hydrogen) atoms. The number of carboxylic acids is 1. The molecule has 1 aliphatic carbocycles. The normalized spacial score (nSPS) is 24.4. The average molecular weight is 596 g/mol. The molecule has 1 saturated heterocycles. The lowest BCUT2D eigenvalue weighted by molar-refractivity contribution is -0.304. The van der Waals surface area contributed by atoms with E-state index in [1.54, 1.807) is 13.8 Å². The number of carboxylic acid groups (broad SMARTS) is 1. The monoisotopic (exact) mass is 595 g/mol. The van der Waals surface area contributed by atoms with Crippen LogP contribution in [-0.2, 0) is 19.1 Å². The second-order valence-corrected chi connectivity index (χ2v) is 15.0. The van der Waals surface area contributed by atoms with E-state index in [2.05, 4.69) is 38.3 Å². The Morgan fingerprint density at radius 2 is 1.60 bits per heavy atom. The number of urea groups is 1. The van der Waals surface area contributed by atoms with Crippen LogP contribution in [0, 0.1) is 22.7 Å². The molecule has 0 spiro atoms. The van der Waals surface area contributed by atoms with Gasteiger partial charge in [-0.25, -0.2) is 4.79 Å². The third-order valence-corrected chi connectivity index (χ3v) is 8.58. The summed E-state index contributed by atoms with van der Waals surface area (Å²) >= 11 is 0. The molecule has 1 saturated carbocycles. The van der Waals surface area contributed by atoms with E-state index < -0.39 is 29.2 Å². The highest BCUT2D eigenvalue weighted by Crippen LogP contribution is 2.35. The number of hydrogen-bond donors (Lipinski definition) is 3. The van der Waals surface area contributed by atoms with E-state index >= 15 is 0 Å². The third-order valence-electron chi connectivity index (χ3n) is 8.58. The van der Waals surface area contributed by atoms with Gasteiger partial charge in [0.1, 0.15) is 6.10 Å². The maximum Gasteiger partial charge on any atom is 0.317 e. The molecular weight excluding hydrogens is 534 g/mol. The zero-order valence-electron chi connectivity index (χ0n) is 27.9. The molecule has 2 aliphatic rings. The largest absolute Gasteiger partial charge is 0.481 e. The zero-order chi connectivity index (χ0) is 31.6. The molecule has 1 heterocycles. The second kappa shape index (κ2) is 16.3. The van der Waals surface area contributed by atoms with Gasteiger partial charge in [0.2, 0.25) is 5.91 Å². The first-order valence-corrected chi connectivity index (χ1v) is 16.4. The fraction of sp³-hybridized carbons (Fsp3) is 0.909. The van der Waals surface area contributed by atoms with Crippen molar-refractivity contribution in [1.82, 2.24) is 15.5 Å². The van der Waals surface area contributed by atoms with Crippen molar-refractivity contribution in [2.45, 2.75) is 144 Å². The standard InChI is InChI=1S/C33H61N3O6/c1-9-10-11-12-13-14-17-20-36(22-31(2,3)4)30(40)35-26-19-16-15-18-24(26)25(29(38)39)21-34-28(37)27-32(5,6)23-41-33(7,8)42-27/h24-27H,9-23H2,1-8H3,(H,34,37)(H,35,40)(H,38,39)/t24?,25-,26?,27?/m1/s1. The van der Waals surface area contributed by atoms with Crippen molar-refractivity contribution in [3.8, 4) is 0 Å².